The Morgan fingerprint density at radius 1 is 1.33 bits per heavy atom. The van der Waals surface area contributed by atoms with E-state index in [1.165, 1.54) is 0 Å². The third-order valence-electron chi connectivity index (χ3n) is 2.63. The molecule has 82 valence electrons. The van der Waals surface area contributed by atoms with E-state index < -0.39 is 0 Å². The maximum atomic E-state index is 4.31. The summed E-state index contributed by atoms with van der Waals surface area (Å²) < 4.78 is 0. The summed E-state index contributed by atoms with van der Waals surface area (Å²) in [6.45, 7) is 3.06. The summed E-state index contributed by atoms with van der Waals surface area (Å²) in [6, 6.07) is 6.02. The van der Waals surface area contributed by atoms with Crippen LogP contribution in [0.3, 0.4) is 0 Å². The van der Waals surface area contributed by atoms with E-state index in [1.807, 2.05) is 18.3 Å². The van der Waals surface area contributed by atoms with Crippen molar-refractivity contribution in [3.8, 4) is 0 Å². The molecular weight excluding hydrogens is 301 g/mol. The Kier molecular flexibility index (Phi) is 4.38. The second kappa shape index (κ2) is 5.34. The molecule has 3 nitrogen and oxygen atoms in total. The third kappa shape index (κ3) is 2.84. The zero-order valence-electron chi connectivity index (χ0n) is 9.00. The summed E-state index contributed by atoms with van der Waals surface area (Å²) in [5.41, 5.74) is 1.11. The van der Waals surface area contributed by atoms with Gasteiger partial charge in [-0.15, -0.1) is 24.0 Å². The maximum Gasteiger partial charge on any atom is 0.0978 e. The number of hydrogen-bond acceptors (Lipinski definition) is 3. The molecule has 0 amide bonds. The lowest BCUT2D eigenvalue weighted by Gasteiger charge is -2.26. The number of pyridine rings is 1. The highest BCUT2D eigenvalue weighted by atomic mass is 127. The van der Waals surface area contributed by atoms with Crippen molar-refractivity contribution in [2.45, 2.75) is 19.6 Å². The molecule has 0 saturated heterocycles. The van der Waals surface area contributed by atoms with E-state index >= 15 is 0 Å². The van der Waals surface area contributed by atoms with Gasteiger partial charge in [-0.1, -0.05) is 6.07 Å². The van der Waals surface area contributed by atoms with E-state index in [-0.39, 0.29) is 24.0 Å². The Balaban J connectivity index is 0.00000112. The zero-order valence-corrected chi connectivity index (χ0v) is 11.3. The lowest BCUT2D eigenvalue weighted by molar-refractivity contribution is 0.187. The second-order valence-corrected chi connectivity index (χ2v) is 3.59. The molecule has 0 spiro atoms. The smallest absolute Gasteiger partial charge is 0.0978 e. The van der Waals surface area contributed by atoms with E-state index in [1.54, 1.807) is 0 Å². The molecule has 0 fully saturated rings. The van der Waals surface area contributed by atoms with Gasteiger partial charge >= 0.3 is 0 Å². The highest BCUT2D eigenvalue weighted by Gasteiger charge is 2.18. The Labute approximate surface area is 108 Å². The lowest BCUT2D eigenvalue weighted by atomic mass is 10.3. The van der Waals surface area contributed by atoms with Gasteiger partial charge in [-0.05, 0) is 19.1 Å². The first-order chi connectivity index (χ1) is 6.77. The number of halogens is 1. The minimum atomic E-state index is 0. The van der Waals surface area contributed by atoms with Crippen LogP contribution < -0.4 is 0 Å². The molecule has 1 atom stereocenters. The molecule has 0 N–H and O–H groups in total. The van der Waals surface area contributed by atoms with Crippen LogP contribution in [0, 0.1) is 0 Å². The number of hydrogen-bond donors (Lipinski definition) is 0. The predicted molar refractivity (Wildman–Crippen MR) is 71.6 cm³/mol. The van der Waals surface area contributed by atoms with E-state index in [9.17, 15) is 0 Å². The maximum absolute atomic E-state index is 4.31. The first-order valence-electron chi connectivity index (χ1n) is 4.83. The molecule has 1 aliphatic heterocycles. The molecule has 15 heavy (non-hydrogen) atoms. The van der Waals surface area contributed by atoms with Crippen molar-refractivity contribution in [3.05, 3.63) is 42.5 Å². The minimum absolute atomic E-state index is 0. The second-order valence-electron chi connectivity index (χ2n) is 3.59. The fraction of sp³-hybridized carbons (Fsp3) is 0.364. The summed E-state index contributed by atoms with van der Waals surface area (Å²) in [7, 11) is 2.08. The van der Waals surface area contributed by atoms with Gasteiger partial charge in [-0.2, -0.15) is 0 Å². The zero-order chi connectivity index (χ0) is 9.97. The van der Waals surface area contributed by atoms with Crippen LogP contribution in [-0.4, -0.2) is 28.0 Å². The van der Waals surface area contributed by atoms with Gasteiger partial charge in [0.25, 0.3) is 0 Å². The van der Waals surface area contributed by atoms with Crippen molar-refractivity contribution in [3.63, 3.8) is 0 Å². The summed E-state index contributed by atoms with van der Waals surface area (Å²) in [5.74, 6) is 0. The van der Waals surface area contributed by atoms with Crippen molar-refractivity contribution in [1.29, 1.82) is 0 Å². The molecule has 1 unspecified atom stereocenters. The predicted octanol–water partition coefficient (Wildman–Crippen LogP) is 2.26. The monoisotopic (exact) mass is 317 g/mol. The van der Waals surface area contributed by atoms with Gasteiger partial charge in [-0.25, -0.2) is 0 Å². The summed E-state index contributed by atoms with van der Waals surface area (Å²) in [5, 5.41) is 0. The number of aromatic nitrogens is 1. The molecule has 1 aromatic rings. The fourth-order valence-corrected chi connectivity index (χ4v) is 1.54. The highest BCUT2D eigenvalue weighted by Crippen LogP contribution is 2.15. The Hall–Kier alpha value is -0.780. The van der Waals surface area contributed by atoms with Crippen LogP contribution in [0.4, 0.5) is 0 Å². The Morgan fingerprint density at radius 2 is 2.13 bits per heavy atom. The van der Waals surface area contributed by atoms with Gasteiger partial charge < -0.3 is 9.80 Å². The topological polar surface area (TPSA) is 19.4 Å². The summed E-state index contributed by atoms with van der Waals surface area (Å²) in [4.78, 5) is 8.76. The molecule has 0 aromatic carbocycles. The van der Waals surface area contributed by atoms with Gasteiger partial charge in [0.1, 0.15) is 0 Å². The molecule has 2 heterocycles. The average Bonchev–Trinajstić information content (AvgIpc) is 2.52. The normalized spacial score (nSPS) is 19.2. The third-order valence-corrected chi connectivity index (χ3v) is 2.63. The minimum Gasteiger partial charge on any atom is -0.359 e. The Bertz CT molecular complexity index is 326. The first kappa shape index (κ1) is 12.3. The van der Waals surface area contributed by atoms with Crippen LogP contribution in [0.5, 0.6) is 0 Å². The van der Waals surface area contributed by atoms with Gasteiger partial charge in [0.05, 0.1) is 18.4 Å². The summed E-state index contributed by atoms with van der Waals surface area (Å²) in [6.07, 6.45) is 6.47. The largest absolute Gasteiger partial charge is 0.359 e. The van der Waals surface area contributed by atoms with Crippen LogP contribution in [0.25, 0.3) is 0 Å². The number of rotatable bonds is 2. The van der Waals surface area contributed by atoms with E-state index in [0.29, 0.717) is 6.17 Å². The first-order valence-corrected chi connectivity index (χ1v) is 4.83. The highest BCUT2D eigenvalue weighted by molar-refractivity contribution is 14.0. The lowest BCUT2D eigenvalue weighted by Crippen LogP contribution is -2.33. The molecule has 2 rings (SSSR count). The molecular formula is C11H16IN3. The molecule has 4 heteroatoms. The van der Waals surface area contributed by atoms with E-state index in [4.69, 9.17) is 0 Å². The Morgan fingerprint density at radius 3 is 2.67 bits per heavy atom. The van der Waals surface area contributed by atoms with Crippen LogP contribution in [0.15, 0.2) is 36.8 Å². The van der Waals surface area contributed by atoms with Crippen molar-refractivity contribution in [2.75, 3.05) is 7.05 Å². The molecule has 1 aliphatic rings. The SMILES string of the molecule is CC1N(C)C=CN1Cc1ccccn1.I. The molecule has 0 bridgehead atoms. The average molecular weight is 317 g/mol. The quantitative estimate of drug-likeness (QED) is 0.780. The van der Waals surface area contributed by atoms with Crippen molar-refractivity contribution in [1.82, 2.24) is 14.8 Å². The van der Waals surface area contributed by atoms with Crippen LogP contribution in [-0.2, 0) is 6.54 Å². The van der Waals surface area contributed by atoms with Crippen molar-refractivity contribution < 1.29 is 0 Å². The van der Waals surface area contributed by atoms with E-state index in [0.717, 1.165) is 12.2 Å². The van der Waals surface area contributed by atoms with E-state index in [2.05, 4.69) is 47.2 Å². The molecule has 0 aliphatic carbocycles. The molecule has 0 radical (unpaired) electrons. The van der Waals surface area contributed by atoms with Gasteiger partial charge in [0.2, 0.25) is 0 Å². The van der Waals surface area contributed by atoms with Gasteiger partial charge in [0.15, 0.2) is 0 Å². The van der Waals surface area contributed by atoms with Crippen LogP contribution in [0.1, 0.15) is 12.6 Å². The summed E-state index contributed by atoms with van der Waals surface area (Å²) >= 11 is 0. The van der Waals surface area contributed by atoms with Crippen molar-refractivity contribution in [2.24, 2.45) is 0 Å². The van der Waals surface area contributed by atoms with Crippen LogP contribution >= 0.6 is 24.0 Å². The van der Waals surface area contributed by atoms with Crippen LogP contribution in [0.2, 0.25) is 0 Å². The van der Waals surface area contributed by atoms with Gasteiger partial charge in [-0.3, -0.25) is 4.98 Å². The van der Waals surface area contributed by atoms with Gasteiger partial charge in [0, 0.05) is 25.6 Å². The molecule has 1 aromatic heterocycles. The standard InChI is InChI=1S/C11H15N3.HI/c1-10-13(2)7-8-14(10)9-11-5-3-4-6-12-11;/h3-8,10H,9H2,1-2H3;1H. The molecule has 0 saturated carbocycles. The fourth-order valence-electron chi connectivity index (χ4n) is 1.54. The number of nitrogens with zero attached hydrogens (tertiary/aromatic N) is 3. The van der Waals surface area contributed by atoms with Crippen molar-refractivity contribution >= 4 is 24.0 Å².